The van der Waals surface area contributed by atoms with Gasteiger partial charge in [-0.3, -0.25) is 9.36 Å². The predicted octanol–water partition coefficient (Wildman–Crippen LogP) is 5.81. The lowest BCUT2D eigenvalue weighted by Gasteiger charge is -2.14. The van der Waals surface area contributed by atoms with Gasteiger partial charge in [-0.25, -0.2) is 9.78 Å². The first-order valence-electron chi connectivity index (χ1n) is 11.7. The minimum atomic E-state index is -0.325. The Bertz CT molecular complexity index is 1280. The Hall–Kier alpha value is -3.73. The number of hydrogen-bond donors (Lipinski definition) is 0. The molecule has 0 N–H and O–H groups in total. The lowest BCUT2D eigenvalue weighted by Crippen LogP contribution is -2.25. The number of ether oxygens (including phenoxy) is 1. The first-order valence-corrected chi connectivity index (χ1v) is 11.7. The minimum Gasteiger partial charge on any atom is -0.462 e. The SMILES string of the molecule is C=C(/C=C\C=C/C)CCn1c(CC)nc2c(Cc3ccc(C(=O)OCC)cc3)cccc2c1=O. The van der Waals surface area contributed by atoms with Crippen molar-refractivity contribution in [3.05, 3.63) is 112 Å². The number of aromatic nitrogens is 2. The van der Waals surface area contributed by atoms with Crippen LogP contribution in [0.2, 0.25) is 0 Å². The normalized spacial score (nSPS) is 11.5. The van der Waals surface area contributed by atoms with Gasteiger partial charge >= 0.3 is 5.97 Å². The summed E-state index contributed by atoms with van der Waals surface area (Å²) in [5.74, 6) is 0.446. The molecule has 1 heterocycles. The van der Waals surface area contributed by atoms with E-state index in [0.29, 0.717) is 43.4 Å². The molecule has 0 atom stereocenters. The van der Waals surface area contributed by atoms with Gasteiger partial charge in [-0.2, -0.15) is 0 Å². The third-order valence-electron chi connectivity index (χ3n) is 5.62. The van der Waals surface area contributed by atoms with E-state index < -0.39 is 0 Å². The molecule has 1 aromatic heterocycles. The zero-order valence-corrected chi connectivity index (χ0v) is 20.2. The van der Waals surface area contributed by atoms with Crippen LogP contribution in [-0.2, 0) is 24.1 Å². The van der Waals surface area contributed by atoms with E-state index in [1.807, 2.05) is 68.5 Å². The van der Waals surface area contributed by atoms with E-state index >= 15 is 0 Å². The number of aryl methyl sites for hydroxylation is 1. The van der Waals surface area contributed by atoms with Crippen LogP contribution in [0.15, 0.2) is 83.7 Å². The van der Waals surface area contributed by atoms with E-state index in [-0.39, 0.29) is 11.5 Å². The number of hydrogen-bond acceptors (Lipinski definition) is 4. The van der Waals surface area contributed by atoms with E-state index in [9.17, 15) is 9.59 Å². The third kappa shape index (κ3) is 5.98. The molecule has 3 aromatic rings. The van der Waals surface area contributed by atoms with Crippen LogP contribution in [0.4, 0.5) is 0 Å². The van der Waals surface area contributed by atoms with Crippen molar-refractivity contribution in [2.75, 3.05) is 6.61 Å². The molecule has 34 heavy (non-hydrogen) atoms. The van der Waals surface area contributed by atoms with Gasteiger partial charge in [0.1, 0.15) is 5.82 Å². The quantitative estimate of drug-likeness (QED) is 0.286. The summed E-state index contributed by atoms with van der Waals surface area (Å²) >= 11 is 0. The Morgan fingerprint density at radius 2 is 1.88 bits per heavy atom. The van der Waals surface area contributed by atoms with Crippen molar-refractivity contribution in [2.24, 2.45) is 0 Å². The summed E-state index contributed by atoms with van der Waals surface area (Å²) in [6, 6.07) is 13.1. The van der Waals surface area contributed by atoms with Crippen molar-refractivity contribution in [1.82, 2.24) is 9.55 Å². The van der Waals surface area contributed by atoms with Crippen LogP contribution < -0.4 is 5.56 Å². The number of carbonyl (C=O) groups is 1. The lowest BCUT2D eigenvalue weighted by molar-refractivity contribution is 0.0526. The van der Waals surface area contributed by atoms with E-state index in [4.69, 9.17) is 9.72 Å². The summed E-state index contributed by atoms with van der Waals surface area (Å²) < 4.78 is 6.83. The maximum atomic E-state index is 13.4. The van der Waals surface area contributed by atoms with Crippen molar-refractivity contribution in [1.29, 1.82) is 0 Å². The van der Waals surface area contributed by atoms with Gasteiger partial charge in [-0.05, 0) is 56.0 Å². The first-order chi connectivity index (χ1) is 16.5. The molecule has 0 aliphatic rings. The van der Waals surface area contributed by atoms with Crippen LogP contribution in [0.1, 0.15) is 54.5 Å². The van der Waals surface area contributed by atoms with Gasteiger partial charge in [0.05, 0.1) is 23.1 Å². The lowest BCUT2D eigenvalue weighted by atomic mass is 10.0. The van der Waals surface area contributed by atoms with E-state index in [2.05, 4.69) is 6.58 Å². The second-order valence-corrected chi connectivity index (χ2v) is 8.04. The van der Waals surface area contributed by atoms with Gasteiger partial charge in [0.2, 0.25) is 0 Å². The summed E-state index contributed by atoms with van der Waals surface area (Å²) in [7, 11) is 0. The topological polar surface area (TPSA) is 61.2 Å². The van der Waals surface area contributed by atoms with Gasteiger partial charge in [0.15, 0.2) is 0 Å². The maximum absolute atomic E-state index is 13.4. The number of para-hydroxylation sites is 1. The number of nitrogens with zero attached hydrogens (tertiary/aromatic N) is 2. The van der Waals surface area contributed by atoms with Crippen molar-refractivity contribution < 1.29 is 9.53 Å². The highest BCUT2D eigenvalue weighted by Crippen LogP contribution is 2.20. The van der Waals surface area contributed by atoms with Crippen LogP contribution in [0.25, 0.3) is 10.9 Å². The zero-order valence-electron chi connectivity index (χ0n) is 20.2. The predicted molar refractivity (Wildman–Crippen MR) is 138 cm³/mol. The Morgan fingerprint density at radius 1 is 1.12 bits per heavy atom. The molecule has 0 amide bonds. The van der Waals surface area contributed by atoms with E-state index in [0.717, 1.165) is 28.0 Å². The van der Waals surface area contributed by atoms with Crippen LogP contribution in [0.3, 0.4) is 0 Å². The van der Waals surface area contributed by atoms with Crippen LogP contribution in [-0.4, -0.2) is 22.1 Å². The second kappa shape index (κ2) is 11.9. The van der Waals surface area contributed by atoms with Crippen LogP contribution >= 0.6 is 0 Å². The van der Waals surface area contributed by atoms with Gasteiger partial charge in [0, 0.05) is 13.0 Å². The Morgan fingerprint density at radius 3 is 2.56 bits per heavy atom. The number of fused-ring (bicyclic) bond motifs is 1. The summed E-state index contributed by atoms with van der Waals surface area (Å²) in [6.07, 6.45) is 9.80. The van der Waals surface area contributed by atoms with Crippen molar-refractivity contribution in [2.45, 2.75) is 46.6 Å². The molecule has 0 fully saturated rings. The fraction of sp³-hybridized carbons (Fsp3) is 0.276. The highest BCUT2D eigenvalue weighted by Gasteiger charge is 2.13. The molecule has 0 radical (unpaired) electrons. The Kier molecular flexibility index (Phi) is 8.74. The molecule has 5 nitrogen and oxygen atoms in total. The molecule has 0 aliphatic heterocycles. The highest BCUT2D eigenvalue weighted by molar-refractivity contribution is 5.89. The Labute approximate surface area is 201 Å². The molecule has 5 heteroatoms. The van der Waals surface area contributed by atoms with E-state index in [1.165, 1.54) is 0 Å². The first kappa shape index (κ1) is 24.9. The van der Waals surface area contributed by atoms with Crippen molar-refractivity contribution >= 4 is 16.9 Å². The molecule has 0 saturated heterocycles. The van der Waals surface area contributed by atoms with Gasteiger partial charge in [0.25, 0.3) is 5.56 Å². The smallest absolute Gasteiger partial charge is 0.338 e. The number of esters is 1. The molecule has 2 aromatic carbocycles. The standard InChI is InChI=1S/C29H32N2O3/c1-5-8-9-11-21(4)18-19-31-26(6-2)30-27-24(12-10-13-25(27)28(31)32)20-22-14-16-23(17-15-22)29(33)34-7-3/h5,8-17H,4,6-7,18-20H2,1-3H3/b8-5-,11-9-. The van der Waals surface area contributed by atoms with Crippen LogP contribution in [0.5, 0.6) is 0 Å². The molecule has 0 bridgehead atoms. The minimum absolute atomic E-state index is 0.0217. The summed E-state index contributed by atoms with van der Waals surface area (Å²) in [5, 5.41) is 0.618. The van der Waals surface area contributed by atoms with Crippen molar-refractivity contribution in [3.63, 3.8) is 0 Å². The zero-order chi connectivity index (χ0) is 24.5. The molecule has 0 unspecified atom stereocenters. The average molecular weight is 457 g/mol. The number of carbonyl (C=O) groups excluding carboxylic acids is 1. The van der Waals surface area contributed by atoms with Gasteiger partial charge in [-0.15, -0.1) is 0 Å². The maximum Gasteiger partial charge on any atom is 0.338 e. The molecule has 3 rings (SSSR count). The third-order valence-corrected chi connectivity index (χ3v) is 5.62. The molecular weight excluding hydrogens is 424 g/mol. The molecule has 0 aliphatic carbocycles. The van der Waals surface area contributed by atoms with Gasteiger partial charge < -0.3 is 4.74 Å². The number of benzene rings is 2. The van der Waals surface area contributed by atoms with Crippen molar-refractivity contribution in [3.8, 4) is 0 Å². The number of allylic oxidation sites excluding steroid dienone is 5. The molecule has 0 saturated carbocycles. The monoisotopic (exact) mass is 456 g/mol. The average Bonchev–Trinajstić information content (AvgIpc) is 2.84. The highest BCUT2D eigenvalue weighted by atomic mass is 16.5. The summed E-state index contributed by atoms with van der Waals surface area (Å²) in [4.78, 5) is 30.2. The Balaban J connectivity index is 1.89. The summed E-state index contributed by atoms with van der Waals surface area (Å²) in [6.45, 7) is 10.8. The van der Waals surface area contributed by atoms with E-state index in [1.54, 1.807) is 23.6 Å². The largest absolute Gasteiger partial charge is 0.462 e. The summed E-state index contributed by atoms with van der Waals surface area (Å²) in [5.41, 5.74) is 4.23. The van der Waals surface area contributed by atoms with Crippen LogP contribution in [0, 0.1) is 0 Å². The number of rotatable bonds is 10. The fourth-order valence-corrected chi connectivity index (χ4v) is 3.83. The fourth-order valence-electron chi connectivity index (χ4n) is 3.83. The molecule has 176 valence electrons. The molecular formula is C29H32N2O3. The van der Waals surface area contributed by atoms with Gasteiger partial charge in [-0.1, -0.05) is 67.6 Å². The second-order valence-electron chi connectivity index (χ2n) is 8.04. The molecule has 0 spiro atoms.